The molecule has 0 saturated heterocycles. The van der Waals surface area contributed by atoms with Crippen molar-refractivity contribution in [3.63, 3.8) is 0 Å². The Morgan fingerprint density at radius 3 is 1.71 bits per heavy atom. The molecule has 0 heterocycles. The van der Waals surface area contributed by atoms with Gasteiger partial charge in [0.05, 0.1) is 0 Å². The molecule has 0 radical (unpaired) electrons. The molecule has 4 aliphatic rings. The fourth-order valence-electron chi connectivity index (χ4n) is 7.91. The number of ether oxygens (including phenoxy) is 2. The molecule has 0 aromatic heterocycles. The van der Waals surface area contributed by atoms with Gasteiger partial charge >= 0.3 is 48.0 Å². The van der Waals surface area contributed by atoms with Gasteiger partial charge in [-0.15, -0.1) is 0 Å². The van der Waals surface area contributed by atoms with Crippen molar-refractivity contribution >= 4 is 11.9 Å². The van der Waals surface area contributed by atoms with Gasteiger partial charge in [0.25, 0.3) is 0 Å². The van der Waals surface area contributed by atoms with Crippen LogP contribution >= 0.6 is 0 Å². The van der Waals surface area contributed by atoms with Crippen LogP contribution in [0.3, 0.4) is 0 Å². The number of alkyl halides is 14. The van der Waals surface area contributed by atoms with Crippen molar-refractivity contribution in [3.8, 4) is 0 Å². The lowest BCUT2D eigenvalue weighted by Crippen LogP contribution is -2.58. The van der Waals surface area contributed by atoms with Gasteiger partial charge in [0.1, 0.15) is 12.2 Å². The molecule has 4 nitrogen and oxygen atoms in total. The normalized spacial score (nSPS) is 34.7. The maximum atomic E-state index is 14.0. The molecule has 0 N–H and O–H groups in total. The lowest BCUT2D eigenvalue weighted by Gasteiger charge is -2.57. The number of rotatable bonds is 6. The minimum Gasteiger partial charge on any atom is -0.457 e. The number of fused-ring (bicyclic) bond motifs is 5. The molecule has 3 fully saturated rings. The van der Waals surface area contributed by atoms with Crippen molar-refractivity contribution in [1.82, 2.24) is 0 Å². The first-order valence-corrected chi connectivity index (χ1v) is 13.9. The first-order chi connectivity index (χ1) is 20.2. The minimum atomic E-state index is -6.72. The zero-order chi connectivity index (χ0) is 34.4. The van der Waals surface area contributed by atoms with Crippen LogP contribution in [0.5, 0.6) is 0 Å². The van der Waals surface area contributed by atoms with Gasteiger partial charge in [-0.1, -0.05) is 25.5 Å². The Morgan fingerprint density at radius 2 is 1.20 bits per heavy atom. The van der Waals surface area contributed by atoms with E-state index in [4.69, 9.17) is 0 Å². The van der Waals surface area contributed by atoms with E-state index < -0.39 is 71.0 Å². The van der Waals surface area contributed by atoms with Crippen molar-refractivity contribution in [3.05, 3.63) is 11.6 Å². The second kappa shape index (κ2) is 10.6. The Morgan fingerprint density at radius 1 is 0.689 bits per heavy atom. The predicted octanol–water partition coefficient (Wildman–Crippen LogP) is 8.44. The molecule has 18 heteroatoms. The van der Waals surface area contributed by atoms with E-state index in [2.05, 4.69) is 9.47 Å². The van der Waals surface area contributed by atoms with E-state index in [0.29, 0.717) is 12.0 Å². The third-order valence-corrected chi connectivity index (χ3v) is 10.5. The Balaban J connectivity index is 1.47. The van der Waals surface area contributed by atoms with Crippen LogP contribution < -0.4 is 0 Å². The van der Waals surface area contributed by atoms with Gasteiger partial charge in [-0.3, -0.25) is 0 Å². The lowest BCUT2D eigenvalue weighted by molar-refractivity contribution is -0.349. The molecule has 7 atom stereocenters. The van der Waals surface area contributed by atoms with Crippen LogP contribution in [0.4, 0.5) is 61.5 Å². The summed E-state index contributed by atoms with van der Waals surface area (Å²) < 4.78 is 193. The fourth-order valence-corrected chi connectivity index (χ4v) is 7.91. The largest absolute Gasteiger partial charge is 0.460 e. The smallest absolute Gasteiger partial charge is 0.457 e. The molecule has 0 spiro atoms. The average Bonchev–Trinajstić information content (AvgIpc) is 3.23. The number of allylic oxidation sites excluding steroid dienone is 1. The Hall–Kier alpha value is -2.30. The summed E-state index contributed by atoms with van der Waals surface area (Å²) in [5.74, 6) is -32.5. The number of esters is 2. The molecule has 0 aliphatic heterocycles. The molecule has 45 heavy (non-hydrogen) atoms. The molecule has 4 rings (SSSR count). The standard InChI is InChI=1S/C27H28F14O4/c1-20-9-7-13(44-18(42)22(28,29)24(32,33)26(36,37)38)11-12(20)3-4-14-15-5-6-17(21(15,2)10-8-16(14)20)45-19(43)23(30,31)25(34,35)27(39,40)41/h3,13-17H,4-11H2,1-2H3/t13-,14?,15?,16?,17+,20-,21-/m0/s1. The van der Waals surface area contributed by atoms with E-state index in [-0.39, 0.29) is 62.7 Å². The summed E-state index contributed by atoms with van der Waals surface area (Å²) in [5, 5.41) is 0. The van der Waals surface area contributed by atoms with Crippen molar-refractivity contribution in [2.24, 2.45) is 28.6 Å². The highest BCUT2D eigenvalue weighted by molar-refractivity contribution is 5.80. The van der Waals surface area contributed by atoms with Gasteiger partial charge in [0.15, 0.2) is 0 Å². The second-order valence-corrected chi connectivity index (χ2v) is 12.8. The van der Waals surface area contributed by atoms with E-state index in [9.17, 15) is 71.1 Å². The predicted molar refractivity (Wildman–Crippen MR) is 123 cm³/mol. The molecule has 0 aromatic rings. The Bertz CT molecular complexity index is 1220. The Labute approximate surface area is 246 Å². The monoisotopic (exact) mass is 682 g/mol. The maximum absolute atomic E-state index is 14.0. The van der Waals surface area contributed by atoms with Crippen molar-refractivity contribution < 1.29 is 80.5 Å². The summed E-state index contributed by atoms with van der Waals surface area (Å²) in [6.07, 6.45) is -13.9. The highest BCUT2D eigenvalue weighted by atomic mass is 19.4. The average molecular weight is 682 g/mol. The van der Waals surface area contributed by atoms with Gasteiger partial charge in [-0.25, -0.2) is 9.59 Å². The van der Waals surface area contributed by atoms with Crippen molar-refractivity contribution in [2.45, 2.75) is 113 Å². The van der Waals surface area contributed by atoms with Crippen molar-refractivity contribution in [1.29, 1.82) is 0 Å². The van der Waals surface area contributed by atoms with Crippen LogP contribution in [0, 0.1) is 28.6 Å². The zero-order valence-electron chi connectivity index (χ0n) is 23.5. The van der Waals surface area contributed by atoms with E-state index >= 15 is 0 Å². The zero-order valence-corrected chi connectivity index (χ0v) is 23.5. The first kappa shape index (κ1) is 35.6. The third kappa shape index (κ3) is 5.27. The third-order valence-electron chi connectivity index (χ3n) is 10.5. The van der Waals surface area contributed by atoms with Gasteiger partial charge < -0.3 is 9.47 Å². The van der Waals surface area contributed by atoms with Gasteiger partial charge in [0, 0.05) is 11.8 Å². The second-order valence-electron chi connectivity index (χ2n) is 12.8. The lowest BCUT2D eigenvalue weighted by atomic mass is 9.48. The number of carbonyl (C=O) groups excluding carboxylic acids is 2. The Kier molecular flexibility index (Phi) is 8.38. The molecule has 258 valence electrons. The minimum absolute atomic E-state index is 0.0914. The van der Waals surface area contributed by atoms with Crippen LogP contribution in [0.2, 0.25) is 0 Å². The van der Waals surface area contributed by atoms with Gasteiger partial charge in [-0.2, -0.15) is 61.5 Å². The molecule has 0 amide bonds. The molecule has 3 saturated carbocycles. The van der Waals surface area contributed by atoms with Gasteiger partial charge in [-0.05, 0) is 68.1 Å². The topological polar surface area (TPSA) is 52.6 Å². The molecule has 0 bridgehead atoms. The molecule has 3 unspecified atom stereocenters. The molecule has 0 aromatic carbocycles. The fraction of sp³-hybridized carbons (Fsp3) is 0.852. The van der Waals surface area contributed by atoms with Crippen LogP contribution in [-0.4, -0.2) is 60.2 Å². The summed E-state index contributed by atoms with van der Waals surface area (Å²) in [4.78, 5) is 23.8. The summed E-state index contributed by atoms with van der Waals surface area (Å²) >= 11 is 0. The van der Waals surface area contributed by atoms with Crippen LogP contribution in [0.25, 0.3) is 0 Å². The SMILES string of the molecule is C[C@]12CC[C@H](OC(=O)C(F)(F)C(F)(F)C(F)(F)F)CC1=CCC1C2CC[C@@]2(C)C1CC[C@H]2OC(=O)C(F)(F)C(F)(F)C(F)(F)F. The van der Waals surface area contributed by atoms with E-state index in [1.165, 1.54) is 0 Å². The van der Waals surface area contributed by atoms with Crippen LogP contribution in [0.15, 0.2) is 11.6 Å². The summed E-state index contributed by atoms with van der Waals surface area (Å²) in [6, 6.07) is 0. The summed E-state index contributed by atoms with van der Waals surface area (Å²) in [5.41, 5.74) is -1.18. The maximum Gasteiger partial charge on any atom is 0.460 e. The van der Waals surface area contributed by atoms with E-state index in [1.807, 2.05) is 0 Å². The number of hydrogen-bond acceptors (Lipinski definition) is 4. The van der Waals surface area contributed by atoms with E-state index in [0.717, 1.165) is 0 Å². The van der Waals surface area contributed by atoms with Crippen LogP contribution in [0.1, 0.15) is 65.2 Å². The molecule has 4 aliphatic carbocycles. The van der Waals surface area contributed by atoms with Gasteiger partial charge in [0.2, 0.25) is 0 Å². The first-order valence-electron chi connectivity index (χ1n) is 13.9. The highest BCUT2D eigenvalue weighted by Crippen LogP contribution is 2.65. The van der Waals surface area contributed by atoms with E-state index in [1.54, 1.807) is 19.9 Å². The van der Waals surface area contributed by atoms with Crippen LogP contribution in [-0.2, 0) is 19.1 Å². The number of carbonyl (C=O) groups is 2. The highest BCUT2D eigenvalue weighted by Gasteiger charge is 2.78. The van der Waals surface area contributed by atoms with Crippen molar-refractivity contribution in [2.75, 3.05) is 0 Å². The summed E-state index contributed by atoms with van der Waals surface area (Å²) in [7, 11) is 0. The molecular weight excluding hydrogens is 654 g/mol. The number of halogens is 14. The molecular formula is C27H28F14O4. The number of hydrogen-bond donors (Lipinski definition) is 0. The summed E-state index contributed by atoms with van der Waals surface area (Å²) in [6.45, 7) is 3.36. The quantitative estimate of drug-likeness (QED) is 0.160.